The molecule has 0 amide bonds. The molecule has 26 heavy (non-hydrogen) atoms. The van der Waals surface area contributed by atoms with Crippen LogP contribution in [0.25, 0.3) is 0 Å². The summed E-state index contributed by atoms with van der Waals surface area (Å²) in [6.07, 6.45) is -8.43. The van der Waals surface area contributed by atoms with Gasteiger partial charge in [-0.15, -0.1) is 0 Å². The van der Waals surface area contributed by atoms with E-state index in [1.807, 2.05) is 20.8 Å². The van der Waals surface area contributed by atoms with Gasteiger partial charge in [0.2, 0.25) is 6.29 Å². The molecule has 1 fully saturated rings. The van der Waals surface area contributed by atoms with E-state index in [-0.39, 0.29) is 17.9 Å². The molecule has 0 aromatic heterocycles. The van der Waals surface area contributed by atoms with Gasteiger partial charge < -0.3 is 40.3 Å². The number of hydrogen-bond donors (Lipinski definition) is 6. The van der Waals surface area contributed by atoms with Crippen LogP contribution < -0.4 is 10.1 Å². The van der Waals surface area contributed by atoms with Crippen LogP contribution in [0.2, 0.25) is 0 Å². The van der Waals surface area contributed by atoms with E-state index in [0.717, 1.165) is 0 Å². The molecule has 0 bridgehead atoms. The zero-order chi connectivity index (χ0) is 19.6. The number of rotatable bonds is 5. The maximum Gasteiger partial charge on any atom is 0.335 e. The molecule has 1 saturated heterocycles. The predicted octanol–water partition coefficient (Wildman–Crippen LogP) is -0.340. The molecule has 1 heterocycles. The van der Waals surface area contributed by atoms with Crippen molar-refractivity contribution in [3.63, 3.8) is 0 Å². The maximum absolute atomic E-state index is 11.2. The van der Waals surface area contributed by atoms with Crippen LogP contribution in [0.15, 0.2) is 18.2 Å². The molecule has 5 atom stereocenters. The van der Waals surface area contributed by atoms with Gasteiger partial charge in [-0.05, 0) is 38.5 Å². The van der Waals surface area contributed by atoms with Gasteiger partial charge in [0.25, 0.3) is 0 Å². The first-order valence-corrected chi connectivity index (χ1v) is 8.14. The van der Waals surface area contributed by atoms with E-state index in [0.29, 0.717) is 11.3 Å². The summed E-state index contributed by atoms with van der Waals surface area (Å²) >= 11 is 0. The van der Waals surface area contributed by atoms with E-state index in [9.17, 15) is 25.2 Å². The Morgan fingerprint density at radius 3 is 2.38 bits per heavy atom. The van der Waals surface area contributed by atoms with Crippen LogP contribution in [-0.2, 0) is 16.1 Å². The van der Waals surface area contributed by atoms with Gasteiger partial charge in [-0.1, -0.05) is 6.07 Å². The van der Waals surface area contributed by atoms with Gasteiger partial charge in [0, 0.05) is 5.54 Å². The minimum atomic E-state index is -1.79. The highest BCUT2D eigenvalue weighted by molar-refractivity contribution is 5.73. The number of ether oxygens (including phenoxy) is 2. The number of carbonyl (C=O) groups is 1. The third kappa shape index (κ3) is 4.63. The Kier molecular flexibility index (Phi) is 6.09. The summed E-state index contributed by atoms with van der Waals surface area (Å²) < 4.78 is 10.7. The van der Waals surface area contributed by atoms with Gasteiger partial charge in [-0.2, -0.15) is 0 Å². The van der Waals surface area contributed by atoms with Gasteiger partial charge in [-0.3, -0.25) is 0 Å². The first-order chi connectivity index (χ1) is 12.0. The molecular formula is C17H25NO8. The molecule has 5 unspecified atom stereocenters. The van der Waals surface area contributed by atoms with E-state index < -0.39 is 36.7 Å². The minimum absolute atomic E-state index is 0.187. The van der Waals surface area contributed by atoms with E-state index >= 15 is 0 Å². The van der Waals surface area contributed by atoms with Crippen molar-refractivity contribution in [1.82, 2.24) is 0 Å². The molecular weight excluding hydrogens is 346 g/mol. The van der Waals surface area contributed by atoms with Crippen LogP contribution in [-0.4, -0.2) is 67.7 Å². The lowest BCUT2D eigenvalue weighted by atomic mass is 9.99. The first kappa shape index (κ1) is 20.4. The molecule has 0 aliphatic carbocycles. The highest BCUT2D eigenvalue weighted by atomic mass is 16.7. The number of carboxylic acids is 1. The number of carboxylic acid groups (broad SMARTS) is 1. The molecule has 1 aromatic carbocycles. The number of aliphatic hydroxyl groups excluding tert-OH is 4. The standard InChI is InChI=1S/C17H25NO8/c1-17(2,3)18-9-6-8(7-19)4-5-10(9)25-16-13(22)11(20)12(21)14(26-16)15(23)24/h4-6,11-14,16,18-22H,7H2,1-3H3,(H,23,24). The third-order valence-corrected chi connectivity index (χ3v) is 3.79. The lowest BCUT2D eigenvalue weighted by molar-refractivity contribution is -0.271. The number of anilines is 1. The van der Waals surface area contributed by atoms with E-state index in [2.05, 4.69) is 5.32 Å². The Balaban J connectivity index is 2.29. The monoisotopic (exact) mass is 371 g/mol. The van der Waals surface area contributed by atoms with Crippen molar-refractivity contribution in [3.8, 4) is 5.75 Å². The molecule has 9 nitrogen and oxygen atoms in total. The fraction of sp³-hybridized carbons (Fsp3) is 0.588. The fourth-order valence-corrected chi connectivity index (χ4v) is 2.55. The molecule has 0 saturated carbocycles. The Morgan fingerprint density at radius 2 is 1.85 bits per heavy atom. The molecule has 1 aromatic rings. The second-order valence-electron chi connectivity index (χ2n) is 7.22. The summed E-state index contributed by atoms with van der Waals surface area (Å²) in [5.74, 6) is -1.25. The second-order valence-corrected chi connectivity index (χ2v) is 7.22. The van der Waals surface area contributed by atoms with Crippen LogP contribution in [0, 0.1) is 0 Å². The van der Waals surface area contributed by atoms with Crippen molar-refractivity contribution in [2.75, 3.05) is 5.32 Å². The summed E-state index contributed by atoms with van der Waals surface area (Å²) in [6.45, 7) is 5.55. The summed E-state index contributed by atoms with van der Waals surface area (Å²) in [4.78, 5) is 11.2. The number of benzene rings is 1. The van der Waals surface area contributed by atoms with Crippen LogP contribution in [0.1, 0.15) is 26.3 Å². The average Bonchev–Trinajstić information content (AvgIpc) is 2.54. The van der Waals surface area contributed by atoms with Crippen molar-refractivity contribution in [2.24, 2.45) is 0 Å². The lowest BCUT2D eigenvalue weighted by Gasteiger charge is -2.38. The summed E-state index contributed by atoms with van der Waals surface area (Å²) in [5.41, 5.74) is 0.762. The first-order valence-electron chi connectivity index (χ1n) is 8.14. The van der Waals surface area contributed by atoms with Gasteiger partial charge in [0.15, 0.2) is 6.10 Å². The van der Waals surface area contributed by atoms with E-state index in [1.54, 1.807) is 12.1 Å². The van der Waals surface area contributed by atoms with Crippen molar-refractivity contribution >= 4 is 11.7 Å². The Morgan fingerprint density at radius 1 is 1.19 bits per heavy atom. The zero-order valence-electron chi connectivity index (χ0n) is 14.8. The van der Waals surface area contributed by atoms with Crippen LogP contribution in [0.4, 0.5) is 5.69 Å². The van der Waals surface area contributed by atoms with Gasteiger partial charge in [-0.25, -0.2) is 4.79 Å². The quantitative estimate of drug-likeness (QED) is 0.409. The van der Waals surface area contributed by atoms with E-state index in [1.165, 1.54) is 6.07 Å². The van der Waals surface area contributed by atoms with Crippen molar-refractivity contribution in [2.45, 2.75) is 63.6 Å². The highest BCUT2D eigenvalue weighted by Gasteiger charge is 2.48. The molecule has 0 radical (unpaired) electrons. The van der Waals surface area contributed by atoms with Crippen LogP contribution in [0.3, 0.4) is 0 Å². The number of nitrogens with one attached hydrogen (secondary N) is 1. The average molecular weight is 371 g/mol. The Labute approximate surface area is 150 Å². The molecule has 2 rings (SSSR count). The van der Waals surface area contributed by atoms with Crippen LogP contribution in [0.5, 0.6) is 5.75 Å². The molecule has 1 aliphatic rings. The SMILES string of the molecule is CC(C)(C)Nc1cc(CO)ccc1OC1OC(C(=O)O)C(O)C(O)C1O. The summed E-state index contributed by atoms with van der Waals surface area (Å²) in [7, 11) is 0. The topological polar surface area (TPSA) is 149 Å². The van der Waals surface area contributed by atoms with Crippen molar-refractivity contribution in [3.05, 3.63) is 23.8 Å². The van der Waals surface area contributed by atoms with E-state index in [4.69, 9.17) is 14.6 Å². The van der Waals surface area contributed by atoms with Crippen molar-refractivity contribution in [1.29, 1.82) is 0 Å². The number of hydrogen-bond acceptors (Lipinski definition) is 8. The van der Waals surface area contributed by atoms with Gasteiger partial charge in [0.05, 0.1) is 12.3 Å². The van der Waals surface area contributed by atoms with Gasteiger partial charge in [0.1, 0.15) is 24.1 Å². The fourth-order valence-electron chi connectivity index (χ4n) is 2.55. The number of aliphatic carboxylic acids is 1. The highest BCUT2D eigenvalue weighted by Crippen LogP contribution is 2.32. The third-order valence-electron chi connectivity index (χ3n) is 3.79. The van der Waals surface area contributed by atoms with Crippen LogP contribution >= 0.6 is 0 Å². The normalized spacial score (nSPS) is 29.3. The Bertz CT molecular complexity index is 644. The summed E-state index contributed by atoms with van der Waals surface area (Å²) in [5, 5.41) is 51.3. The van der Waals surface area contributed by atoms with Gasteiger partial charge >= 0.3 is 5.97 Å². The molecule has 146 valence electrons. The molecule has 1 aliphatic heterocycles. The molecule has 0 spiro atoms. The van der Waals surface area contributed by atoms with Crippen molar-refractivity contribution < 1.29 is 39.8 Å². The number of aliphatic hydroxyl groups is 4. The Hall–Kier alpha value is -1.91. The maximum atomic E-state index is 11.2. The molecule has 9 heteroatoms. The lowest BCUT2D eigenvalue weighted by Crippen LogP contribution is -2.61. The predicted molar refractivity (Wildman–Crippen MR) is 90.7 cm³/mol. The smallest absolute Gasteiger partial charge is 0.335 e. The molecule has 6 N–H and O–H groups in total. The zero-order valence-corrected chi connectivity index (χ0v) is 14.8. The summed E-state index contributed by atoms with van der Waals surface area (Å²) in [6, 6.07) is 4.77. The second kappa shape index (κ2) is 7.77. The minimum Gasteiger partial charge on any atom is -0.479 e. The largest absolute Gasteiger partial charge is 0.479 e.